The van der Waals surface area contributed by atoms with Gasteiger partial charge in [0.05, 0.1) is 11.6 Å². The maximum absolute atomic E-state index is 12.2. The predicted octanol–water partition coefficient (Wildman–Crippen LogP) is 2.48. The van der Waals surface area contributed by atoms with Crippen LogP contribution in [-0.4, -0.2) is 23.3 Å². The van der Waals surface area contributed by atoms with Gasteiger partial charge in [0.25, 0.3) is 5.91 Å². The topological polar surface area (TPSA) is 52.9 Å². The lowest BCUT2D eigenvalue weighted by Crippen LogP contribution is -2.27. The maximum Gasteiger partial charge on any atom is 0.256 e. The van der Waals surface area contributed by atoms with E-state index in [1.807, 2.05) is 32.0 Å². The molecule has 1 aromatic carbocycles. The van der Waals surface area contributed by atoms with E-state index in [-0.39, 0.29) is 18.4 Å². The lowest BCUT2D eigenvalue weighted by atomic mass is 10.0. The first-order valence-electron chi connectivity index (χ1n) is 5.80. The number of benzene rings is 1. The van der Waals surface area contributed by atoms with Crippen molar-refractivity contribution in [1.82, 2.24) is 0 Å². The predicted molar refractivity (Wildman–Crippen MR) is 74.7 cm³/mol. The summed E-state index contributed by atoms with van der Waals surface area (Å²) in [6, 6.07) is 5.69. The van der Waals surface area contributed by atoms with Crippen molar-refractivity contribution in [3.8, 4) is 0 Å². The molecule has 0 aromatic heterocycles. The maximum atomic E-state index is 12.2. The molecule has 96 valence electrons. The van der Waals surface area contributed by atoms with E-state index in [1.165, 1.54) is 5.01 Å². The minimum absolute atomic E-state index is 0.00526. The third kappa shape index (κ3) is 2.33. The SMILES string of the molecule is CC1=NN(c2ccc(C)c(Br)c2)C(=O)C1CCO. The van der Waals surface area contributed by atoms with Gasteiger partial charge in [-0.2, -0.15) is 5.10 Å². The van der Waals surface area contributed by atoms with Crippen molar-refractivity contribution in [3.63, 3.8) is 0 Å². The van der Waals surface area contributed by atoms with E-state index in [9.17, 15) is 4.79 Å². The molecular formula is C13H15BrN2O2. The second-order valence-electron chi connectivity index (χ2n) is 4.39. The highest BCUT2D eigenvalue weighted by atomic mass is 79.9. The van der Waals surface area contributed by atoms with Crippen LogP contribution in [0.15, 0.2) is 27.8 Å². The van der Waals surface area contributed by atoms with Crippen molar-refractivity contribution in [2.45, 2.75) is 20.3 Å². The first kappa shape index (κ1) is 13.2. The summed E-state index contributed by atoms with van der Waals surface area (Å²) in [4.78, 5) is 12.2. The van der Waals surface area contributed by atoms with Crippen LogP contribution in [0.4, 0.5) is 5.69 Å². The molecule has 1 unspecified atom stereocenters. The Bertz CT molecular complexity index is 514. The van der Waals surface area contributed by atoms with E-state index in [0.717, 1.165) is 21.4 Å². The van der Waals surface area contributed by atoms with Crippen LogP contribution in [0.5, 0.6) is 0 Å². The lowest BCUT2D eigenvalue weighted by molar-refractivity contribution is -0.120. The smallest absolute Gasteiger partial charge is 0.256 e. The zero-order valence-electron chi connectivity index (χ0n) is 10.4. The second kappa shape index (κ2) is 5.20. The first-order chi connectivity index (χ1) is 8.54. The van der Waals surface area contributed by atoms with Crippen molar-refractivity contribution in [2.75, 3.05) is 11.6 Å². The summed E-state index contributed by atoms with van der Waals surface area (Å²) >= 11 is 3.45. The lowest BCUT2D eigenvalue weighted by Gasteiger charge is -2.14. The van der Waals surface area contributed by atoms with E-state index in [4.69, 9.17) is 5.11 Å². The summed E-state index contributed by atoms with van der Waals surface area (Å²) in [5.74, 6) is -0.368. The number of anilines is 1. The number of hydrazone groups is 1. The fourth-order valence-electron chi connectivity index (χ4n) is 1.96. The van der Waals surface area contributed by atoms with Gasteiger partial charge in [0.15, 0.2) is 0 Å². The van der Waals surface area contributed by atoms with Crippen LogP contribution in [0.1, 0.15) is 18.9 Å². The largest absolute Gasteiger partial charge is 0.396 e. The van der Waals surface area contributed by atoms with Crippen LogP contribution in [-0.2, 0) is 4.79 Å². The third-order valence-electron chi connectivity index (χ3n) is 3.09. The number of aliphatic hydroxyl groups is 1. The number of carbonyl (C=O) groups excluding carboxylic acids is 1. The summed E-state index contributed by atoms with van der Waals surface area (Å²) in [6.45, 7) is 3.80. The standard InChI is InChI=1S/C13H15BrN2O2/c1-8-3-4-10(7-12(8)14)16-13(18)11(5-6-17)9(2)15-16/h3-4,7,11,17H,5-6H2,1-2H3. The molecule has 1 heterocycles. The first-order valence-corrected chi connectivity index (χ1v) is 6.60. The Morgan fingerprint density at radius 2 is 2.17 bits per heavy atom. The molecule has 1 atom stereocenters. The normalized spacial score (nSPS) is 19.3. The van der Waals surface area contributed by atoms with Gasteiger partial charge in [-0.1, -0.05) is 22.0 Å². The van der Waals surface area contributed by atoms with Crippen LogP contribution >= 0.6 is 15.9 Å². The van der Waals surface area contributed by atoms with Gasteiger partial charge in [0, 0.05) is 16.8 Å². The van der Waals surface area contributed by atoms with Crippen LogP contribution in [0.3, 0.4) is 0 Å². The Hall–Kier alpha value is -1.20. The van der Waals surface area contributed by atoms with Crippen LogP contribution in [0.25, 0.3) is 0 Å². The molecule has 1 amide bonds. The van der Waals surface area contributed by atoms with E-state index in [0.29, 0.717) is 6.42 Å². The van der Waals surface area contributed by atoms with Gasteiger partial charge >= 0.3 is 0 Å². The highest BCUT2D eigenvalue weighted by molar-refractivity contribution is 9.10. The highest BCUT2D eigenvalue weighted by Crippen LogP contribution is 2.29. The van der Waals surface area contributed by atoms with Gasteiger partial charge in [-0.15, -0.1) is 0 Å². The van der Waals surface area contributed by atoms with Crippen molar-refractivity contribution in [2.24, 2.45) is 11.0 Å². The number of hydrogen-bond acceptors (Lipinski definition) is 3. The Labute approximate surface area is 114 Å². The molecule has 0 fully saturated rings. The van der Waals surface area contributed by atoms with E-state index in [1.54, 1.807) is 0 Å². The van der Waals surface area contributed by atoms with Crippen LogP contribution in [0, 0.1) is 12.8 Å². The molecule has 0 spiro atoms. The molecule has 5 heteroatoms. The number of hydrogen-bond donors (Lipinski definition) is 1. The van der Waals surface area contributed by atoms with Gasteiger partial charge in [-0.25, -0.2) is 5.01 Å². The minimum Gasteiger partial charge on any atom is -0.396 e. The Morgan fingerprint density at radius 3 is 2.78 bits per heavy atom. The molecule has 18 heavy (non-hydrogen) atoms. The van der Waals surface area contributed by atoms with Crippen molar-refractivity contribution < 1.29 is 9.90 Å². The molecule has 0 bridgehead atoms. The molecular weight excluding hydrogens is 296 g/mol. The van der Waals surface area contributed by atoms with Crippen molar-refractivity contribution in [1.29, 1.82) is 0 Å². The number of carbonyl (C=O) groups is 1. The van der Waals surface area contributed by atoms with E-state index < -0.39 is 0 Å². The summed E-state index contributed by atoms with van der Waals surface area (Å²) in [7, 11) is 0. The van der Waals surface area contributed by atoms with Crippen LogP contribution in [0.2, 0.25) is 0 Å². The number of nitrogens with zero attached hydrogens (tertiary/aromatic N) is 2. The third-order valence-corrected chi connectivity index (χ3v) is 3.94. The zero-order valence-corrected chi connectivity index (χ0v) is 11.9. The summed E-state index contributed by atoms with van der Waals surface area (Å²) < 4.78 is 0.950. The quantitative estimate of drug-likeness (QED) is 0.932. The summed E-state index contributed by atoms with van der Waals surface area (Å²) in [5.41, 5.74) is 2.61. The van der Waals surface area contributed by atoms with E-state index >= 15 is 0 Å². The van der Waals surface area contributed by atoms with Gasteiger partial charge < -0.3 is 5.11 Å². The molecule has 0 saturated heterocycles. The van der Waals surface area contributed by atoms with Crippen molar-refractivity contribution in [3.05, 3.63) is 28.2 Å². The molecule has 0 aliphatic carbocycles. The van der Waals surface area contributed by atoms with Gasteiger partial charge in [-0.05, 0) is 38.0 Å². The Balaban J connectivity index is 2.30. The van der Waals surface area contributed by atoms with E-state index in [2.05, 4.69) is 21.0 Å². The summed E-state index contributed by atoms with van der Waals surface area (Å²) in [5, 5.41) is 14.7. The van der Waals surface area contributed by atoms with Gasteiger partial charge in [0.2, 0.25) is 0 Å². The number of aliphatic hydroxyl groups excluding tert-OH is 1. The average Bonchev–Trinajstić information content (AvgIpc) is 2.61. The molecule has 1 aliphatic heterocycles. The second-order valence-corrected chi connectivity index (χ2v) is 5.24. The number of halogens is 1. The minimum atomic E-state index is -0.296. The van der Waals surface area contributed by atoms with Gasteiger partial charge in [-0.3, -0.25) is 4.79 Å². The van der Waals surface area contributed by atoms with Crippen molar-refractivity contribution >= 4 is 33.2 Å². The fraction of sp³-hybridized carbons (Fsp3) is 0.385. The molecule has 0 radical (unpaired) electrons. The summed E-state index contributed by atoms with van der Waals surface area (Å²) in [6.07, 6.45) is 0.428. The highest BCUT2D eigenvalue weighted by Gasteiger charge is 2.33. The zero-order chi connectivity index (χ0) is 13.3. The molecule has 4 nitrogen and oxygen atoms in total. The molecule has 1 aromatic rings. The fourth-order valence-corrected chi connectivity index (χ4v) is 2.33. The molecule has 2 rings (SSSR count). The Morgan fingerprint density at radius 1 is 1.44 bits per heavy atom. The molecule has 1 aliphatic rings. The monoisotopic (exact) mass is 310 g/mol. The molecule has 1 N–H and O–H groups in total. The van der Waals surface area contributed by atoms with Crippen LogP contribution < -0.4 is 5.01 Å². The number of aryl methyl sites for hydroxylation is 1. The molecule has 0 saturated carbocycles. The number of rotatable bonds is 3. The number of amides is 1. The average molecular weight is 311 g/mol. The van der Waals surface area contributed by atoms with Gasteiger partial charge in [0.1, 0.15) is 0 Å². The Kier molecular flexibility index (Phi) is 3.82.